The summed E-state index contributed by atoms with van der Waals surface area (Å²) >= 11 is 0. The van der Waals surface area contributed by atoms with Gasteiger partial charge in [-0.1, -0.05) is 12.1 Å². The summed E-state index contributed by atoms with van der Waals surface area (Å²) in [7, 11) is 1.52. The predicted molar refractivity (Wildman–Crippen MR) is 141 cm³/mol. The molecular formula is C26H35F2NO4S2. The van der Waals surface area contributed by atoms with E-state index in [1.54, 1.807) is 24.3 Å². The van der Waals surface area contributed by atoms with Gasteiger partial charge in [0.2, 0.25) is 11.5 Å². The Kier molecular flexibility index (Phi) is 10.3. The second kappa shape index (κ2) is 12.3. The molecule has 0 saturated heterocycles. The van der Waals surface area contributed by atoms with Crippen LogP contribution in [0.15, 0.2) is 36.5 Å². The number of carboxylic acids is 1. The lowest BCUT2D eigenvalue weighted by Gasteiger charge is -2.29. The van der Waals surface area contributed by atoms with Gasteiger partial charge in [-0.3, -0.25) is 0 Å². The minimum Gasteiger partial charge on any atom is -0.493 e. The van der Waals surface area contributed by atoms with Gasteiger partial charge in [0.05, 0.1) is 19.9 Å². The van der Waals surface area contributed by atoms with E-state index < -0.39 is 17.6 Å². The zero-order valence-electron chi connectivity index (χ0n) is 20.1. The molecule has 35 heavy (non-hydrogen) atoms. The first-order valence-electron chi connectivity index (χ1n) is 11.6. The maximum Gasteiger partial charge on any atom is 0.341 e. The Bertz CT molecular complexity index is 995. The summed E-state index contributed by atoms with van der Waals surface area (Å²) in [6.07, 6.45) is 6.46. The molecule has 2 fully saturated rings. The molecule has 5 nitrogen and oxygen atoms in total. The molecule has 9 heteroatoms. The van der Waals surface area contributed by atoms with E-state index in [0.29, 0.717) is 35.3 Å². The van der Waals surface area contributed by atoms with Crippen LogP contribution in [-0.2, 0) is 4.79 Å². The van der Waals surface area contributed by atoms with Crippen molar-refractivity contribution in [1.82, 2.24) is 4.98 Å². The Balaban J connectivity index is 0.00000216. The molecule has 0 radical (unpaired) electrons. The van der Waals surface area contributed by atoms with E-state index in [4.69, 9.17) is 9.47 Å². The minimum atomic E-state index is -2.32. The normalized spacial score (nSPS) is 22.1. The maximum absolute atomic E-state index is 15.0. The third-order valence-corrected chi connectivity index (χ3v) is 7.15. The molecule has 1 N–H and O–H groups in total. The number of ether oxygens (including phenoxy) is 2. The SMILES string of the molecule is COc1cc(C2CCC(COc3cccc([C@H](C4CC4)[C@](C)(F)C(=O)O)c3)CC2)c(F)cn1.S.S. The van der Waals surface area contributed by atoms with Crippen LogP contribution in [0, 0.1) is 17.7 Å². The predicted octanol–water partition coefficient (Wildman–Crippen LogP) is 6.11. The number of pyridine rings is 1. The number of aliphatic carboxylic acids is 1. The van der Waals surface area contributed by atoms with Crippen molar-refractivity contribution >= 4 is 33.0 Å². The third kappa shape index (κ3) is 6.82. The number of nitrogens with zero attached hydrogens (tertiary/aromatic N) is 1. The standard InChI is InChI=1S/C26H31F2NO4.2H2S/c1-26(28,25(30)31)24(18-10-11-18)19-4-3-5-20(12-19)33-15-16-6-8-17(9-7-16)21-13-23(32-2)29-14-22(21)27;;/h3-5,12-14,16-18,24H,6-11,15H2,1-2H3,(H,30,31);2*1H2/t16?,17?,24-,26-;;/m0../s1. The molecular weight excluding hydrogens is 492 g/mol. The van der Waals surface area contributed by atoms with E-state index in [0.717, 1.165) is 45.4 Å². The molecule has 1 aromatic heterocycles. The highest BCUT2D eigenvalue weighted by Crippen LogP contribution is 2.50. The number of hydrogen-bond acceptors (Lipinski definition) is 4. The Morgan fingerprint density at radius 2 is 1.86 bits per heavy atom. The number of halogens is 2. The van der Waals surface area contributed by atoms with E-state index in [9.17, 15) is 14.3 Å². The van der Waals surface area contributed by atoms with Crippen LogP contribution in [-0.4, -0.2) is 35.4 Å². The summed E-state index contributed by atoms with van der Waals surface area (Å²) in [5.41, 5.74) is -0.982. The fourth-order valence-corrected chi connectivity index (χ4v) is 5.10. The molecule has 0 spiro atoms. The van der Waals surface area contributed by atoms with Gasteiger partial charge in [0, 0.05) is 12.0 Å². The van der Waals surface area contributed by atoms with Crippen LogP contribution >= 0.6 is 27.0 Å². The van der Waals surface area contributed by atoms with Crippen molar-refractivity contribution in [3.63, 3.8) is 0 Å². The fourth-order valence-electron chi connectivity index (χ4n) is 5.10. The maximum atomic E-state index is 15.0. The summed E-state index contributed by atoms with van der Waals surface area (Å²) in [4.78, 5) is 15.4. The van der Waals surface area contributed by atoms with Gasteiger partial charge in [-0.25, -0.2) is 18.6 Å². The van der Waals surface area contributed by atoms with Crippen molar-refractivity contribution in [2.75, 3.05) is 13.7 Å². The zero-order chi connectivity index (χ0) is 23.6. The molecule has 194 valence electrons. The van der Waals surface area contributed by atoms with E-state index >= 15 is 4.39 Å². The lowest BCUT2D eigenvalue weighted by Crippen LogP contribution is -2.38. The van der Waals surface area contributed by atoms with Gasteiger partial charge in [-0.15, -0.1) is 0 Å². The van der Waals surface area contributed by atoms with Gasteiger partial charge in [0.25, 0.3) is 0 Å². The molecule has 2 aliphatic rings. The minimum absolute atomic E-state index is 0. The number of benzene rings is 1. The van der Waals surface area contributed by atoms with Crippen LogP contribution in [0.3, 0.4) is 0 Å². The quantitative estimate of drug-likeness (QED) is 0.426. The zero-order valence-corrected chi connectivity index (χ0v) is 22.1. The summed E-state index contributed by atoms with van der Waals surface area (Å²) in [6, 6.07) is 8.89. The summed E-state index contributed by atoms with van der Waals surface area (Å²) < 4.78 is 40.5. The summed E-state index contributed by atoms with van der Waals surface area (Å²) in [5, 5.41) is 9.40. The second-order valence-corrected chi connectivity index (χ2v) is 9.55. The number of rotatable bonds is 9. The van der Waals surface area contributed by atoms with Gasteiger partial charge in [0.1, 0.15) is 11.6 Å². The molecule has 0 bridgehead atoms. The second-order valence-electron chi connectivity index (χ2n) is 9.55. The van der Waals surface area contributed by atoms with Crippen LogP contribution in [0.4, 0.5) is 8.78 Å². The van der Waals surface area contributed by atoms with Crippen molar-refractivity contribution in [2.24, 2.45) is 11.8 Å². The highest BCUT2D eigenvalue weighted by Gasteiger charge is 2.50. The Morgan fingerprint density at radius 1 is 1.17 bits per heavy atom. The van der Waals surface area contributed by atoms with Gasteiger partial charge in [0.15, 0.2) is 0 Å². The van der Waals surface area contributed by atoms with Crippen molar-refractivity contribution in [3.05, 3.63) is 53.5 Å². The van der Waals surface area contributed by atoms with Crippen LogP contribution in [0.2, 0.25) is 0 Å². The largest absolute Gasteiger partial charge is 0.493 e. The smallest absolute Gasteiger partial charge is 0.341 e. The van der Waals surface area contributed by atoms with Gasteiger partial charge in [-0.2, -0.15) is 27.0 Å². The molecule has 0 aliphatic heterocycles. The van der Waals surface area contributed by atoms with E-state index in [1.165, 1.54) is 13.3 Å². The fraction of sp³-hybridized carbons (Fsp3) is 0.538. The Labute approximate surface area is 219 Å². The Morgan fingerprint density at radius 3 is 2.46 bits per heavy atom. The summed E-state index contributed by atoms with van der Waals surface area (Å²) in [6.45, 7) is 1.68. The molecule has 2 saturated carbocycles. The number of methoxy groups -OCH3 is 1. The summed E-state index contributed by atoms with van der Waals surface area (Å²) in [5.74, 6) is -0.806. The number of hydrogen-bond donors (Lipinski definition) is 1. The lowest BCUT2D eigenvalue weighted by atomic mass is 9.79. The third-order valence-electron chi connectivity index (χ3n) is 7.15. The highest BCUT2D eigenvalue weighted by molar-refractivity contribution is 7.59. The number of carbonyl (C=O) groups is 1. The number of carboxylic acid groups (broad SMARTS) is 1. The highest BCUT2D eigenvalue weighted by atomic mass is 32.1. The monoisotopic (exact) mass is 527 g/mol. The van der Waals surface area contributed by atoms with Gasteiger partial charge < -0.3 is 14.6 Å². The molecule has 0 amide bonds. The molecule has 1 heterocycles. The molecule has 1 aromatic carbocycles. The van der Waals surface area contributed by atoms with Crippen LogP contribution in [0.5, 0.6) is 11.6 Å². The first-order chi connectivity index (χ1) is 15.8. The van der Waals surface area contributed by atoms with Crippen molar-refractivity contribution < 1.29 is 28.2 Å². The molecule has 2 aliphatic carbocycles. The van der Waals surface area contributed by atoms with E-state index in [2.05, 4.69) is 4.98 Å². The molecule has 0 unspecified atom stereocenters. The first-order valence-corrected chi connectivity index (χ1v) is 11.6. The van der Waals surface area contributed by atoms with Crippen LogP contribution in [0.1, 0.15) is 68.4 Å². The van der Waals surface area contributed by atoms with E-state index in [1.807, 2.05) is 6.07 Å². The molecule has 2 aromatic rings. The van der Waals surface area contributed by atoms with Crippen LogP contribution in [0.25, 0.3) is 0 Å². The number of alkyl halides is 1. The van der Waals surface area contributed by atoms with Crippen LogP contribution < -0.4 is 9.47 Å². The first kappa shape index (κ1) is 29.2. The topological polar surface area (TPSA) is 68.7 Å². The van der Waals surface area contributed by atoms with Gasteiger partial charge >= 0.3 is 5.97 Å². The number of aromatic nitrogens is 1. The Hall–Kier alpha value is -2.00. The molecule has 2 atom stereocenters. The molecule has 4 rings (SSSR count). The average Bonchev–Trinajstić information content (AvgIpc) is 3.63. The van der Waals surface area contributed by atoms with Crippen molar-refractivity contribution in [2.45, 2.75) is 63.0 Å². The van der Waals surface area contributed by atoms with Crippen molar-refractivity contribution in [1.29, 1.82) is 0 Å². The van der Waals surface area contributed by atoms with E-state index in [-0.39, 0.29) is 44.6 Å². The van der Waals surface area contributed by atoms with Gasteiger partial charge in [-0.05, 0) is 86.5 Å². The average molecular weight is 528 g/mol. The van der Waals surface area contributed by atoms with Crippen molar-refractivity contribution in [3.8, 4) is 11.6 Å². The lowest BCUT2D eigenvalue weighted by molar-refractivity contribution is -0.151.